The number of nitrogens with one attached hydrogen (secondary N) is 3. The third kappa shape index (κ3) is 5.35. The Morgan fingerprint density at radius 3 is 2.88 bits per heavy atom. The number of alkyl halides is 2. The van der Waals surface area contributed by atoms with Gasteiger partial charge in [-0.1, -0.05) is 0 Å². The number of halogens is 2. The fourth-order valence-electron chi connectivity index (χ4n) is 4.95. The third-order valence-corrected chi connectivity index (χ3v) is 7.94. The van der Waals surface area contributed by atoms with E-state index in [1.54, 1.807) is 11.8 Å². The zero-order valence-corrected chi connectivity index (χ0v) is 19.7. The highest BCUT2D eigenvalue weighted by atomic mass is 32.2. The van der Waals surface area contributed by atoms with Gasteiger partial charge in [-0.25, -0.2) is 8.78 Å². The maximum atomic E-state index is 13.5. The molecule has 0 spiro atoms. The average molecular weight is 476 g/mol. The van der Waals surface area contributed by atoms with E-state index in [9.17, 15) is 13.6 Å². The minimum atomic E-state index is -2.52. The van der Waals surface area contributed by atoms with Crippen LogP contribution >= 0.6 is 11.8 Å². The molecule has 0 radical (unpaired) electrons. The number of carbonyl (C=O) groups is 1. The summed E-state index contributed by atoms with van der Waals surface area (Å²) in [6.45, 7) is 5.05. The monoisotopic (exact) mass is 475 g/mol. The van der Waals surface area contributed by atoms with E-state index in [1.165, 1.54) is 0 Å². The number of thioether (sulfide) groups is 1. The van der Waals surface area contributed by atoms with Crippen molar-refractivity contribution in [2.45, 2.75) is 57.0 Å². The highest BCUT2D eigenvalue weighted by Gasteiger charge is 2.35. The molecular formula is C24H31F2N5OS. The van der Waals surface area contributed by atoms with Gasteiger partial charge in [0.2, 0.25) is 11.8 Å². The molecule has 0 unspecified atom stereocenters. The summed E-state index contributed by atoms with van der Waals surface area (Å²) in [7, 11) is 0. The molecule has 1 saturated carbocycles. The van der Waals surface area contributed by atoms with Crippen molar-refractivity contribution in [2.24, 2.45) is 4.99 Å². The standard InChI is InChI=1S/C24H31F2N5OS/c1-15-10-16-12-20(23-29-18(14-33-23)4-8-31-9-7-27-21(32)13-31)30-22(16)19(11-15)28-17-2-5-24(25,26)6-3-17/h10-12,17-18,28,30H,2-9,13-14H2,1H3,(H,27,32)/t18-/m0/s1. The summed E-state index contributed by atoms with van der Waals surface area (Å²) < 4.78 is 27.1. The number of carbonyl (C=O) groups excluding carboxylic acids is 1. The molecule has 1 atom stereocenters. The van der Waals surface area contributed by atoms with Gasteiger partial charge in [0, 0.05) is 49.7 Å². The summed E-state index contributed by atoms with van der Waals surface area (Å²) in [4.78, 5) is 22.3. The Kier molecular flexibility index (Phi) is 6.35. The topological polar surface area (TPSA) is 72.5 Å². The van der Waals surface area contributed by atoms with Crippen LogP contribution in [0.2, 0.25) is 0 Å². The van der Waals surface area contributed by atoms with E-state index in [1.807, 2.05) is 0 Å². The third-order valence-electron chi connectivity index (χ3n) is 6.79. The minimum Gasteiger partial charge on any atom is -0.381 e. The fraction of sp³-hybridized carbons (Fsp3) is 0.583. The number of aryl methyl sites for hydroxylation is 1. The van der Waals surface area contributed by atoms with Gasteiger partial charge in [0.25, 0.3) is 0 Å². The number of amides is 1. The van der Waals surface area contributed by atoms with E-state index < -0.39 is 5.92 Å². The van der Waals surface area contributed by atoms with E-state index in [0.717, 1.165) is 64.7 Å². The minimum absolute atomic E-state index is 0.0491. The number of nitrogens with zero attached hydrogens (tertiary/aromatic N) is 2. The van der Waals surface area contributed by atoms with E-state index >= 15 is 0 Å². The number of anilines is 1. The molecule has 2 aromatic rings. The van der Waals surface area contributed by atoms with Crippen LogP contribution in [-0.2, 0) is 4.79 Å². The fourth-order valence-corrected chi connectivity index (χ4v) is 6.03. The van der Waals surface area contributed by atoms with Crippen molar-refractivity contribution in [2.75, 3.05) is 37.2 Å². The lowest BCUT2D eigenvalue weighted by atomic mass is 9.92. The smallest absolute Gasteiger partial charge is 0.248 e. The van der Waals surface area contributed by atoms with Crippen LogP contribution in [0.25, 0.3) is 10.9 Å². The molecule has 0 bridgehead atoms. The first-order chi connectivity index (χ1) is 15.8. The molecule has 178 valence electrons. The summed E-state index contributed by atoms with van der Waals surface area (Å²) in [5.41, 5.74) is 4.15. The highest BCUT2D eigenvalue weighted by Crippen LogP contribution is 2.36. The van der Waals surface area contributed by atoms with Crippen molar-refractivity contribution in [3.8, 4) is 0 Å². The van der Waals surface area contributed by atoms with Crippen LogP contribution < -0.4 is 10.6 Å². The Morgan fingerprint density at radius 1 is 1.27 bits per heavy atom. The Balaban J connectivity index is 1.27. The summed E-state index contributed by atoms with van der Waals surface area (Å²) in [5.74, 6) is -1.47. The van der Waals surface area contributed by atoms with Crippen molar-refractivity contribution < 1.29 is 13.6 Å². The van der Waals surface area contributed by atoms with Crippen LogP contribution in [0.15, 0.2) is 23.2 Å². The first-order valence-corrected chi connectivity index (χ1v) is 12.8. The van der Waals surface area contributed by atoms with E-state index in [2.05, 4.69) is 45.6 Å². The molecule has 6 nitrogen and oxygen atoms in total. The van der Waals surface area contributed by atoms with Crippen LogP contribution in [-0.4, -0.2) is 70.8 Å². The normalized spacial score (nSPS) is 24.2. The van der Waals surface area contributed by atoms with Crippen LogP contribution in [0, 0.1) is 6.92 Å². The molecular weight excluding hydrogens is 444 g/mol. The lowest BCUT2D eigenvalue weighted by molar-refractivity contribution is -0.124. The molecule has 1 saturated heterocycles. The number of aliphatic imine (C=N–C) groups is 1. The molecule has 3 aliphatic rings. The van der Waals surface area contributed by atoms with Gasteiger partial charge < -0.3 is 15.6 Å². The zero-order chi connectivity index (χ0) is 23.0. The number of benzene rings is 1. The number of hydrogen-bond acceptors (Lipinski definition) is 5. The first kappa shape index (κ1) is 22.7. The molecule has 1 aromatic carbocycles. The Labute approximate surface area is 197 Å². The van der Waals surface area contributed by atoms with Crippen molar-refractivity contribution in [1.82, 2.24) is 15.2 Å². The predicted octanol–water partition coefficient (Wildman–Crippen LogP) is 4.15. The summed E-state index contributed by atoms with van der Waals surface area (Å²) in [6, 6.07) is 6.71. The molecule has 1 aliphatic carbocycles. The molecule has 33 heavy (non-hydrogen) atoms. The van der Waals surface area contributed by atoms with E-state index in [0.29, 0.717) is 19.4 Å². The van der Waals surface area contributed by atoms with E-state index in [-0.39, 0.29) is 30.8 Å². The Hall–Kier alpha value is -2.13. The van der Waals surface area contributed by atoms with Crippen molar-refractivity contribution in [3.63, 3.8) is 0 Å². The molecule has 3 heterocycles. The van der Waals surface area contributed by atoms with Crippen LogP contribution in [0.3, 0.4) is 0 Å². The highest BCUT2D eigenvalue weighted by molar-refractivity contribution is 8.14. The van der Waals surface area contributed by atoms with Gasteiger partial charge in [-0.2, -0.15) is 0 Å². The molecule has 5 rings (SSSR count). The SMILES string of the molecule is Cc1cc(NC2CCC(F)(F)CC2)c2[nH]c(C3=N[C@@H](CCN4CCNC(=O)C4)CS3)cc2c1. The molecule has 2 fully saturated rings. The van der Waals surface area contributed by atoms with Crippen LogP contribution in [0.4, 0.5) is 14.5 Å². The van der Waals surface area contributed by atoms with E-state index in [4.69, 9.17) is 4.99 Å². The second kappa shape index (κ2) is 9.25. The Morgan fingerprint density at radius 2 is 2.09 bits per heavy atom. The zero-order valence-electron chi connectivity index (χ0n) is 18.9. The van der Waals surface area contributed by atoms with Gasteiger partial charge in [-0.15, -0.1) is 11.8 Å². The van der Waals surface area contributed by atoms with Gasteiger partial charge in [0.1, 0.15) is 5.04 Å². The van der Waals surface area contributed by atoms with Crippen LogP contribution in [0.5, 0.6) is 0 Å². The van der Waals surface area contributed by atoms with Gasteiger partial charge >= 0.3 is 0 Å². The number of hydrogen-bond donors (Lipinski definition) is 3. The second-order valence-electron chi connectivity index (χ2n) is 9.55. The molecule has 1 amide bonds. The number of rotatable bonds is 6. The lowest BCUT2D eigenvalue weighted by Crippen LogP contribution is -2.48. The number of fused-ring (bicyclic) bond motifs is 1. The summed E-state index contributed by atoms with van der Waals surface area (Å²) >= 11 is 1.77. The maximum Gasteiger partial charge on any atom is 0.248 e. The van der Waals surface area contributed by atoms with Gasteiger partial charge in [-0.3, -0.25) is 14.7 Å². The van der Waals surface area contributed by atoms with Crippen molar-refractivity contribution in [1.29, 1.82) is 0 Å². The Bertz CT molecular complexity index is 1060. The number of piperazine rings is 1. The molecule has 9 heteroatoms. The lowest BCUT2D eigenvalue weighted by Gasteiger charge is -2.29. The van der Waals surface area contributed by atoms with Crippen molar-refractivity contribution in [3.05, 3.63) is 29.5 Å². The first-order valence-electron chi connectivity index (χ1n) is 11.8. The van der Waals surface area contributed by atoms with Gasteiger partial charge in [-0.05, 0) is 49.9 Å². The van der Waals surface area contributed by atoms with Crippen molar-refractivity contribution >= 4 is 39.3 Å². The second-order valence-corrected chi connectivity index (χ2v) is 10.6. The van der Waals surface area contributed by atoms with Gasteiger partial charge in [0.15, 0.2) is 0 Å². The van der Waals surface area contributed by atoms with Gasteiger partial charge in [0.05, 0.1) is 29.5 Å². The average Bonchev–Trinajstić information content (AvgIpc) is 3.41. The predicted molar refractivity (Wildman–Crippen MR) is 131 cm³/mol. The molecule has 3 N–H and O–H groups in total. The summed E-state index contributed by atoms with van der Waals surface area (Å²) in [6.07, 6.45) is 1.82. The maximum absolute atomic E-state index is 13.5. The number of aromatic nitrogens is 1. The molecule has 1 aromatic heterocycles. The number of aromatic amines is 1. The van der Waals surface area contributed by atoms with Crippen LogP contribution in [0.1, 0.15) is 43.4 Å². The quantitative estimate of drug-likeness (QED) is 0.587. The number of H-pyrrole nitrogens is 1. The summed E-state index contributed by atoms with van der Waals surface area (Å²) in [5, 5.41) is 8.52. The largest absolute Gasteiger partial charge is 0.381 e. The molecule has 2 aliphatic heterocycles.